The number of benzene rings is 2. The Hall–Kier alpha value is -3.63. The standard InChI is InChI=1S/C25H24O7/c1-5-25(14-30-24(29)18-9-6-15(2)7-10-18)21(13-22(32-25)31-17(4)26)20-12-19(23(27)28)11-8-16(20)3/h1,6-12,21-22H,13-14H2,2-4H3,(H,27,28)/t21?,22?,25-/m1/s1. The van der Waals surface area contributed by atoms with E-state index >= 15 is 0 Å². The average molecular weight is 436 g/mol. The smallest absolute Gasteiger partial charge is 0.338 e. The van der Waals surface area contributed by atoms with E-state index < -0.39 is 35.7 Å². The molecule has 1 saturated heterocycles. The fourth-order valence-electron chi connectivity index (χ4n) is 3.79. The number of aromatic carboxylic acids is 1. The summed E-state index contributed by atoms with van der Waals surface area (Å²) < 4.78 is 16.7. The van der Waals surface area contributed by atoms with Crippen molar-refractivity contribution in [3.8, 4) is 12.3 Å². The van der Waals surface area contributed by atoms with Gasteiger partial charge in [0.25, 0.3) is 0 Å². The van der Waals surface area contributed by atoms with E-state index in [1.54, 1.807) is 30.3 Å². The molecule has 7 heteroatoms. The van der Waals surface area contributed by atoms with Gasteiger partial charge in [0.15, 0.2) is 5.60 Å². The average Bonchev–Trinajstić information content (AvgIpc) is 3.10. The number of carbonyl (C=O) groups is 3. The Bertz CT molecular complexity index is 1080. The maximum Gasteiger partial charge on any atom is 0.338 e. The minimum absolute atomic E-state index is 0.0871. The molecular formula is C25H24O7. The minimum Gasteiger partial charge on any atom is -0.478 e. The summed E-state index contributed by atoms with van der Waals surface area (Å²) in [6.45, 7) is 4.68. The lowest BCUT2D eigenvalue weighted by Crippen LogP contribution is -2.39. The molecule has 1 heterocycles. The SMILES string of the molecule is C#C[C@]1(COC(=O)c2ccc(C)cc2)OC(OC(C)=O)CC1c1cc(C(=O)O)ccc1C. The summed E-state index contributed by atoms with van der Waals surface area (Å²) in [5, 5.41) is 9.41. The summed E-state index contributed by atoms with van der Waals surface area (Å²) in [6.07, 6.45) is 5.09. The van der Waals surface area contributed by atoms with Crippen LogP contribution in [0.15, 0.2) is 42.5 Å². The lowest BCUT2D eigenvalue weighted by molar-refractivity contribution is -0.182. The van der Waals surface area contributed by atoms with E-state index in [0.29, 0.717) is 11.1 Å². The van der Waals surface area contributed by atoms with E-state index in [1.807, 2.05) is 13.8 Å². The third kappa shape index (κ3) is 4.82. The molecule has 0 aliphatic carbocycles. The summed E-state index contributed by atoms with van der Waals surface area (Å²) in [7, 11) is 0. The molecule has 1 aliphatic rings. The van der Waals surface area contributed by atoms with Gasteiger partial charge in [-0.25, -0.2) is 9.59 Å². The van der Waals surface area contributed by atoms with Crippen molar-refractivity contribution in [3.63, 3.8) is 0 Å². The van der Waals surface area contributed by atoms with E-state index in [9.17, 15) is 19.5 Å². The zero-order chi connectivity index (χ0) is 23.5. The Kier molecular flexibility index (Phi) is 6.66. The molecule has 1 aliphatic heterocycles. The van der Waals surface area contributed by atoms with E-state index in [-0.39, 0.29) is 18.6 Å². The number of esters is 2. The van der Waals surface area contributed by atoms with Crippen LogP contribution in [0, 0.1) is 26.2 Å². The van der Waals surface area contributed by atoms with Crippen LogP contribution >= 0.6 is 0 Å². The number of hydrogen-bond acceptors (Lipinski definition) is 6. The number of aryl methyl sites for hydroxylation is 2. The highest BCUT2D eigenvalue weighted by molar-refractivity contribution is 5.89. The molecule has 0 aromatic heterocycles. The van der Waals surface area contributed by atoms with Gasteiger partial charge >= 0.3 is 17.9 Å². The minimum atomic E-state index is -1.44. The van der Waals surface area contributed by atoms with E-state index in [2.05, 4.69) is 5.92 Å². The van der Waals surface area contributed by atoms with E-state index in [1.165, 1.54) is 19.1 Å². The van der Waals surface area contributed by atoms with Crippen molar-refractivity contribution in [2.24, 2.45) is 0 Å². The first-order valence-electron chi connectivity index (χ1n) is 10.1. The van der Waals surface area contributed by atoms with Crippen LogP contribution in [0.25, 0.3) is 0 Å². The molecule has 0 spiro atoms. The molecule has 2 unspecified atom stereocenters. The summed E-state index contributed by atoms with van der Waals surface area (Å²) in [5.41, 5.74) is 1.42. The third-order valence-electron chi connectivity index (χ3n) is 5.48. The van der Waals surface area contributed by atoms with Crippen LogP contribution in [0.4, 0.5) is 0 Å². The van der Waals surface area contributed by atoms with Gasteiger partial charge in [0, 0.05) is 19.3 Å². The van der Waals surface area contributed by atoms with Crippen LogP contribution in [-0.2, 0) is 19.0 Å². The highest BCUT2D eigenvalue weighted by Crippen LogP contribution is 2.45. The predicted molar refractivity (Wildman–Crippen MR) is 115 cm³/mol. The molecule has 7 nitrogen and oxygen atoms in total. The lowest BCUT2D eigenvalue weighted by Gasteiger charge is -2.30. The van der Waals surface area contributed by atoms with Crippen LogP contribution in [0.3, 0.4) is 0 Å². The van der Waals surface area contributed by atoms with Crippen molar-refractivity contribution in [2.75, 3.05) is 6.61 Å². The number of rotatable bonds is 6. The van der Waals surface area contributed by atoms with Crippen molar-refractivity contribution in [3.05, 3.63) is 70.3 Å². The normalized spacial score (nSPS) is 22.1. The van der Waals surface area contributed by atoms with Crippen LogP contribution in [-0.4, -0.2) is 41.5 Å². The Morgan fingerprint density at radius 2 is 1.81 bits per heavy atom. The first-order valence-corrected chi connectivity index (χ1v) is 10.1. The second-order valence-corrected chi connectivity index (χ2v) is 7.80. The van der Waals surface area contributed by atoms with Gasteiger partial charge in [-0.1, -0.05) is 29.7 Å². The summed E-state index contributed by atoms with van der Waals surface area (Å²) in [6, 6.07) is 11.6. The zero-order valence-electron chi connectivity index (χ0n) is 18.1. The van der Waals surface area contributed by atoms with Gasteiger partial charge in [0.05, 0.1) is 11.1 Å². The Morgan fingerprint density at radius 1 is 1.16 bits per heavy atom. The Morgan fingerprint density at radius 3 is 2.41 bits per heavy atom. The molecule has 0 saturated carbocycles. The molecule has 3 rings (SSSR count). The van der Waals surface area contributed by atoms with Crippen LogP contribution in [0.2, 0.25) is 0 Å². The highest BCUT2D eigenvalue weighted by Gasteiger charge is 2.51. The number of carboxylic acids is 1. The molecule has 1 fully saturated rings. The van der Waals surface area contributed by atoms with Crippen LogP contribution in [0.5, 0.6) is 0 Å². The molecule has 2 aromatic carbocycles. The largest absolute Gasteiger partial charge is 0.478 e. The quantitative estimate of drug-likeness (QED) is 0.545. The molecule has 2 aromatic rings. The fraction of sp³-hybridized carbons (Fsp3) is 0.320. The topological polar surface area (TPSA) is 99.1 Å². The van der Waals surface area contributed by atoms with E-state index in [0.717, 1.165) is 11.1 Å². The van der Waals surface area contributed by atoms with E-state index in [4.69, 9.17) is 20.6 Å². The monoisotopic (exact) mass is 436 g/mol. The number of carboxylic acid groups (broad SMARTS) is 1. The molecule has 0 amide bonds. The Balaban J connectivity index is 1.94. The van der Waals surface area contributed by atoms with Gasteiger partial charge < -0.3 is 19.3 Å². The van der Waals surface area contributed by atoms with Gasteiger partial charge in [-0.05, 0) is 49.2 Å². The molecule has 0 bridgehead atoms. The van der Waals surface area contributed by atoms with Crippen LogP contribution < -0.4 is 0 Å². The second-order valence-electron chi connectivity index (χ2n) is 7.80. The molecule has 3 atom stereocenters. The second kappa shape index (κ2) is 9.25. The van der Waals surface area contributed by atoms with Crippen LogP contribution in [0.1, 0.15) is 56.7 Å². The number of terminal acetylenes is 1. The first-order chi connectivity index (χ1) is 15.1. The van der Waals surface area contributed by atoms with Gasteiger partial charge in [-0.2, -0.15) is 0 Å². The molecular weight excluding hydrogens is 412 g/mol. The van der Waals surface area contributed by atoms with Crippen molar-refractivity contribution < 1.29 is 33.7 Å². The molecule has 166 valence electrons. The molecule has 0 radical (unpaired) electrons. The number of carbonyl (C=O) groups excluding carboxylic acids is 2. The van der Waals surface area contributed by atoms with Gasteiger partial charge in [-0.3, -0.25) is 4.79 Å². The molecule has 1 N–H and O–H groups in total. The number of hydrogen-bond donors (Lipinski definition) is 1. The maximum atomic E-state index is 12.6. The zero-order valence-corrected chi connectivity index (χ0v) is 18.1. The summed E-state index contributed by atoms with van der Waals surface area (Å²) in [5.74, 6) is -0.191. The third-order valence-corrected chi connectivity index (χ3v) is 5.48. The van der Waals surface area contributed by atoms with Crippen molar-refractivity contribution in [2.45, 2.75) is 45.0 Å². The van der Waals surface area contributed by atoms with Crippen molar-refractivity contribution in [1.29, 1.82) is 0 Å². The summed E-state index contributed by atoms with van der Waals surface area (Å²) >= 11 is 0. The first kappa shape index (κ1) is 23.0. The fourth-order valence-corrected chi connectivity index (χ4v) is 3.79. The molecule has 32 heavy (non-hydrogen) atoms. The Labute approximate surface area is 186 Å². The predicted octanol–water partition coefficient (Wildman–Crippen LogP) is 3.62. The van der Waals surface area contributed by atoms with Crippen molar-refractivity contribution >= 4 is 17.9 Å². The van der Waals surface area contributed by atoms with Crippen molar-refractivity contribution in [1.82, 2.24) is 0 Å². The highest BCUT2D eigenvalue weighted by atomic mass is 16.7. The van der Waals surface area contributed by atoms with Gasteiger partial charge in [0.2, 0.25) is 6.29 Å². The lowest BCUT2D eigenvalue weighted by atomic mass is 9.80. The maximum absolute atomic E-state index is 12.6. The van der Waals surface area contributed by atoms with Gasteiger partial charge in [0.1, 0.15) is 6.61 Å². The number of ether oxygens (including phenoxy) is 3. The summed E-state index contributed by atoms with van der Waals surface area (Å²) in [4.78, 5) is 35.6. The van der Waals surface area contributed by atoms with Gasteiger partial charge in [-0.15, -0.1) is 6.42 Å².